The summed E-state index contributed by atoms with van der Waals surface area (Å²) < 4.78 is 27.4. The Morgan fingerprint density at radius 3 is 2.38 bits per heavy atom. The van der Waals surface area contributed by atoms with Crippen LogP contribution in [0.1, 0.15) is 70.3 Å². The van der Waals surface area contributed by atoms with E-state index in [1.807, 2.05) is 11.8 Å². The molecule has 0 aromatic heterocycles. The maximum Gasteiger partial charge on any atom is 0.243 e. The Hall–Kier alpha value is -1.93. The summed E-state index contributed by atoms with van der Waals surface area (Å²) >= 11 is 0. The van der Waals surface area contributed by atoms with Gasteiger partial charge in [0.15, 0.2) is 0 Å². The number of nitrogens with one attached hydrogen (secondary N) is 1. The first kappa shape index (κ1) is 23.2. The molecule has 1 N–H and O–H groups in total. The predicted molar refractivity (Wildman–Crippen MR) is 124 cm³/mol. The molecule has 1 heterocycles. The number of carbonyl (C=O) groups is 2. The van der Waals surface area contributed by atoms with Crippen LogP contribution < -0.4 is 10.2 Å². The number of hydrogen-bond acceptors (Lipinski definition) is 4. The Balaban J connectivity index is 1.42. The van der Waals surface area contributed by atoms with Gasteiger partial charge in [-0.25, -0.2) is 8.42 Å². The third-order valence-electron chi connectivity index (χ3n) is 6.98. The number of hydrogen-bond donors (Lipinski definition) is 1. The van der Waals surface area contributed by atoms with Gasteiger partial charge in [-0.3, -0.25) is 9.59 Å². The molecule has 0 unspecified atom stereocenters. The van der Waals surface area contributed by atoms with Gasteiger partial charge in [0, 0.05) is 30.7 Å². The lowest BCUT2D eigenvalue weighted by Gasteiger charge is -2.23. The van der Waals surface area contributed by atoms with E-state index in [0.29, 0.717) is 6.42 Å². The van der Waals surface area contributed by atoms with Crippen LogP contribution in [0.2, 0.25) is 0 Å². The molecule has 2 saturated carbocycles. The highest BCUT2D eigenvalue weighted by molar-refractivity contribution is 7.89. The van der Waals surface area contributed by atoms with Crippen LogP contribution in [-0.2, 0) is 26.0 Å². The van der Waals surface area contributed by atoms with Gasteiger partial charge in [-0.1, -0.05) is 32.1 Å². The monoisotopic (exact) mass is 461 g/mol. The number of likely N-dealkylation sites (N-methyl/N-ethyl adjacent to an activating group) is 1. The summed E-state index contributed by atoms with van der Waals surface area (Å²) in [5.41, 5.74) is 1.69. The second kappa shape index (κ2) is 9.51. The fraction of sp³-hybridized carbons (Fsp3) is 0.667. The van der Waals surface area contributed by atoms with Crippen molar-refractivity contribution < 1.29 is 18.0 Å². The minimum atomic E-state index is -3.80. The molecule has 4 rings (SSSR count). The normalized spacial score (nSPS) is 22.3. The van der Waals surface area contributed by atoms with Crippen LogP contribution in [0.25, 0.3) is 0 Å². The van der Waals surface area contributed by atoms with Crippen molar-refractivity contribution in [3.63, 3.8) is 0 Å². The van der Waals surface area contributed by atoms with E-state index in [0.717, 1.165) is 54.1 Å². The molecule has 8 heteroatoms. The lowest BCUT2D eigenvalue weighted by Crippen LogP contribution is -2.42. The summed E-state index contributed by atoms with van der Waals surface area (Å²) in [7, 11) is -2.35. The average molecular weight is 462 g/mol. The van der Waals surface area contributed by atoms with E-state index in [9.17, 15) is 18.0 Å². The van der Waals surface area contributed by atoms with Gasteiger partial charge in [-0.05, 0) is 62.8 Å². The molecule has 32 heavy (non-hydrogen) atoms. The molecular formula is C24H35N3O4S. The lowest BCUT2D eigenvalue weighted by molar-refractivity contribution is -0.122. The maximum absolute atomic E-state index is 13.1. The number of anilines is 1. The number of benzene rings is 1. The zero-order valence-electron chi connectivity index (χ0n) is 19.2. The van der Waals surface area contributed by atoms with Crippen LogP contribution in [-0.4, -0.2) is 50.2 Å². The first-order valence-corrected chi connectivity index (χ1v) is 13.4. The highest BCUT2D eigenvalue weighted by atomic mass is 32.2. The van der Waals surface area contributed by atoms with Gasteiger partial charge in [0.2, 0.25) is 21.8 Å². The van der Waals surface area contributed by atoms with E-state index >= 15 is 0 Å². The molecule has 3 aliphatic rings. The maximum atomic E-state index is 13.1. The van der Waals surface area contributed by atoms with Crippen molar-refractivity contribution in [2.24, 2.45) is 5.92 Å². The van der Waals surface area contributed by atoms with E-state index in [1.165, 1.54) is 26.3 Å². The number of amides is 2. The zero-order valence-corrected chi connectivity index (χ0v) is 20.0. The Kier molecular flexibility index (Phi) is 6.91. The molecule has 7 nitrogen and oxygen atoms in total. The van der Waals surface area contributed by atoms with Crippen LogP contribution in [0.3, 0.4) is 0 Å². The second-order valence-corrected chi connectivity index (χ2v) is 11.7. The first-order valence-electron chi connectivity index (χ1n) is 12.0. The van der Waals surface area contributed by atoms with Crippen molar-refractivity contribution in [1.82, 2.24) is 9.62 Å². The van der Waals surface area contributed by atoms with Gasteiger partial charge >= 0.3 is 0 Å². The van der Waals surface area contributed by atoms with Crippen molar-refractivity contribution in [2.45, 2.75) is 88.1 Å². The van der Waals surface area contributed by atoms with Crippen LogP contribution in [0.4, 0.5) is 5.69 Å². The second-order valence-electron chi connectivity index (χ2n) is 9.70. The van der Waals surface area contributed by atoms with Gasteiger partial charge in [0.25, 0.3) is 0 Å². The van der Waals surface area contributed by atoms with Crippen molar-refractivity contribution in [3.05, 3.63) is 23.8 Å². The Morgan fingerprint density at radius 2 is 1.72 bits per heavy atom. The first-order chi connectivity index (χ1) is 15.3. The number of carbonyl (C=O) groups excluding carboxylic acids is 2. The molecule has 1 aliphatic heterocycles. The van der Waals surface area contributed by atoms with Gasteiger partial charge in [-0.15, -0.1) is 0 Å². The summed E-state index contributed by atoms with van der Waals surface area (Å²) in [6.07, 6.45) is 10.3. The fourth-order valence-corrected chi connectivity index (χ4v) is 6.15. The largest absolute Gasteiger partial charge is 0.352 e. The fourth-order valence-electron chi connectivity index (χ4n) is 4.97. The molecular weight excluding hydrogens is 426 g/mol. The van der Waals surface area contributed by atoms with E-state index < -0.39 is 10.0 Å². The number of fused-ring (bicyclic) bond motifs is 1. The molecule has 1 aromatic rings. The van der Waals surface area contributed by atoms with Crippen molar-refractivity contribution in [3.8, 4) is 0 Å². The average Bonchev–Trinajstić information content (AvgIpc) is 3.51. The molecule has 1 aromatic carbocycles. The van der Waals surface area contributed by atoms with Gasteiger partial charge in [-0.2, -0.15) is 4.31 Å². The molecule has 2 amide bonds. The van der Waals surface area contributed by atoms with Crippen molar-refractivity contribution >= 4 is 27.5 Å². The Morgan fingerprint density at radius 1 is 1.06 bits per heavy atom. The molecule has 0 radical (unpaired) electrons. The summed E-state index contributed by atoms with van der Waals surface area (Å²) in [4.78, 5) is 27.2. The van der Waals surface area contributed by atoms with E-state index in [1.54, 1.807) is 18.2 Å². The van der Waals surface area contributed by atoms with Crippen molar-refractivity contribution in [2.75, 3.05) is 18.5 Å². The number of rotatable bonds is 6. The predicted octanol–water partition coefficient (Wildman–Crippen LogP) is 3.22. The molecule has 176 valence electrons. The topological polar surface area (TPSA) is 86.8 Å². The van der Waals surface area contributed by atoms with E-state index in [-0.39, 0.29) is 41.3 Å². The van der Waals surface area contributed by atoms with Gasteiger partial charge in [0.05, 0.1) is 11.4 Å². The smallest absolute Gasteiger partial charge is 0.243 e. The van der Waals surface area contributed by atoms with Gasteiger partial charge in [0.1, 0.15) is 0 Å². The van der Waals surface area contributed by atoms with Crippen LogP contribution in [0.5, 0.6) is 0 Å². The summed E-state index contributed by atoms with van der Waals surface area (Å²) in [5.74, 6) is 0.0155. The minimum Gasteiger partial charge on any atom is -0.352 e. The molecule has 0 spiro atoms. The highest BCUT2D eigenvalue weighted by Gasteiger charge is 2.40. The molecule has 0 saturated heterocycles. The van der Waals surface area contributed by atoms with E-state index in [4.69, 9.17) is 0 Å². The summed E-state index contributed by atoms with van der Waals surface area (Å²) in [5, 5.41) is 3.03. The summed E-state index contributed by atoms with van der Waals surface area (Å²) in [6, 6.07) is 5.14. The van der Waals surface area contributed by atoms with Crippen LogP contribution >= 0.6 is 0 Å². The van der Waals surface area contributed by atoms with Crippen molar-refractivity contribution in [1.29, 1.82) is 0 Å². The lowest BCUT2D eigenvalue weighted by atomic mass is 9.97. The van der Waals surface area contributed by atoms with Gasteiger partial charge < -0.3 is 10.2 Å². The SMILES string of the molecule is C[C@H]1Cc2cc(S(=O)(=O)N(C)CC(=O)NC3CCCCCCC3)ccc2N1C(=O)C1CC1. The standard InChI is InChI=1S/C24H35N3O4S/c1-17-14-19-15-21(12-13-22(19)27(17)24(29)18-10-11-18)32(30,31)26(2)16-23(28)25-20-8-6-4-3-5-7-9-20/h12-13,15,17-18,20H,3-11,14,16H2,1-2H3,(H,25,28)/t17-/m0/s1. The molecule has 1 atom stereocenters. The number of nitrogens with zero attached hydrogens (tertiary/aromatic N) is 2. The molecule has 2 fully saturated rings. The minimum absolute atomic E-state index is 0.0309. The molecule has 2 aliphatic carbocycles. The highest BCUT2D eigenvalue weighted by Crippen LogP contribution is 2.39. The Bertz CT molecular complexity index is 965. The third-order valence-corrected chi connectivity index (χ3v) is 8.77. The Labute approximate surface area is 191 Å². The molecule has 0 bridgehead atoms. The van der Waals surface area contributed by atoms with Crippen LogP contribution in [0.15, 0.2) is 23.1 Å². The van der Waals surface area contributed by atoms with E-state index in [2.05, 4.69) is 5.32 Å². The third kappa shape index (κ3) is 5.01. The summed E-state index contributed by atoms with van der Waals surface area (Å²) in [6.45, 7) is 1.80. The number of sulfonamides is 1. The zero-order chi connectivity index (χ0) is 22.9. The quantitative estimate of drug-likeness (QED) is 0.705. The van der Waals surface area contributed by atoms with Crippen LogP contribution in [0, 0.1) is 5.92 Å².